The number of hydrazone groups is 1. The first-order valence-electron chi connectivity index (χ1n) is 8.04. The van der Waals surface area contributed by atoms with Crippen LogP contribution in [-0.2, 0) is 6.61 Å². The number of hydrogen-bond acceptors (Lipinski definition) is 5. The lowest BCUT2D eigenvalue weighted by Crippen LogP contribution is -2.16. The number of benzene rings is 2. The molecule has 7 heteroatoms. The van der Waals surface area contributed by atoms with Crippen molar-refractivity contribution in [2.24, 2.45) is 5.10 Å². The predicted molar refractivity (Wildman–Crippen MR) is 97.9 cm³/mol. The summed E-state index contributed by atoms with van der Waals surface area (Å²) in [5.41, 5.74) is 4.11. The van der Waals surface area contributed by atoms with Gasteiger partial charge in [-0.25, -0.2) is 10.2 Å². The normalized spacial score (nSPS) is 10.7. The Morgan fingerprint density at radius 2 is 1.85 bits per heavy atom. The van der Waals surface area contributed by atoms with Crippen molar-refractivity contribution in [1.82, 2.24) is 5.43 Å². The number of carboxylic acid groups (broad SMARTS) is 1. The molecule has 27 heavy (non-hydrogen) atoms. The average Bonchev–Trinajstić information content (AvgIpc) is 3.22. The maximum absolute atomic E-state index is 11.8. The summed E-state index contributed by atoms with van der Waals surface area (Å²) >= 11 is 0. The molecule has 1 heterocycles. The second-order valence-electron chi connectivity index (χ2n) is 5.51. The molecule has 0 aliphatic heterocycles. The molecule has 3 rings (SSSR count). The molecule has 0 radical (unpaired) electrons. The number of carbonyl (C=O) groups is 2. The van der Waals surface area contributed by atoms with Crippen molar-refractivity contribution in [1.29, 1.82) is 0 Å². The number of carboxylic acids is 1. The Morgan fingerprint density at radius 1 is 1.07 bits per heavy atom. The number of amides is 1. The van der Waals surface area contributed by atoms with Crippen LogP contribution in [0.3, 0.4) is 0 Å². The molecule has 0 saturated heterocycles. The summed E-state index contributed by atoms with van der Waals surface area (Å²) in [5.74, 6) is -0.675. The summed E-state index contributed by atoms with van der Waals surface area (Å²) in [7, 11) is 0. The van der Waals surface area contributed by atoms with Crippen LogP contribution < -0.4 is 10.2 Å². The third-order valence-electron chi connectivity index (χ3n) is 3.63. The van der Waals surface area contributed by atoms with Crippen LogP contribution in [0.4, 0.5) is 0 Å². The van der Waals surface area contributed by atoms with E-state index in [1.54, 1.807) is 30.3 Å². The summed E-state index contributed by atoms with van der Waals surface area (Å²) in [6.07, 6.45) is 2.88. The third-order valence-corrected chi connectivity index (χ3v) is 3.63. The van der Waals surface area contributed by atoms with E-state index in [0.29, 0.717) is 11.3 Å². The Hall–Kier alpha value is -3.87. The van der Waals surface area contributed by atoms with Gasteiger partial charge < -0.3 is 14.3 Å². The zero-order valence-corrected chi connectivity index (χ0v) is 14.2. The second kappa shape index (κ2) is 8.48. The zero-order chi connectivity index (χ0) is 19.1. The summed E-state index contributed by atoms with van der Waals surface area (Å²) in [4.78, 5) is 22.7. The highest BCUT2D eigenvalue weighted by Gasteiger charge is 2.07. The molecule has 1 aromatic heterocycles. The van der Waals surface area contributed by atoms with Crippen LogP contribution >= 0.6 is 0 Å². The van der Waals surface area contributed by atoms with Crippen LogP contribution in [0.1, 0.15) is 32.0 Å². The summed E-state index contributed by atoms with van der Waals surface area (Å²) < 4.78 is 10.8. The van der Waals surface area contributed by atoms with Gasteiger partial charge in [0.15, 0.2) is 5.76 Å². The number of hydrogen-bond donors (Lipinski definition) is 2. The quantitative estimate of drug-likeness (QED) is 0.495. The fourth-order valence-electron chi connectivity index (χ4n) is 2.25. The van der Waals surface area contributed by atoms with Gasteiger partial charge in [0, 0.05) is 5.56 Å². The van der Waals surface area contributed by atoms with Crippen molar-refractivity contribution >= 4 is 18.1 Å². The molecule has 3 aromatic rings. The number of furan rings is 1. The Morgan fingerprint density at radius 3 is 2.56 bits per heavy atom. The average molecular weight is 364 g/mol. The fraction of sp³-hybridized carbons (Fsp3) is 0.0500. The molecule has 0 aliphatic carbocycles. The standard InChI is InChI=1S/C20H16N2O5/c23-19(18-6-3-11-26-18)22-21-12-16-4-1-2-5-17(16)27-13-14-7-9-15(10-8-14)20(24)25/h1-12H,13H2,(H,22,23)(H,24,25)/b21-12+. The lowest BCUT2D eigenvalue weighted by Gasteiger charge is -2.09. The van der Waals surface area contributed by atoms with Crippen LogP contribution in [0.5, 0.6) is 5.75 Å². The Kier molecular flexibility index (Phi) is 5.64. The van der Waals surface area contributed by atoms with Gasteiger partial charge in [0.05, 0.1) is 18.0 Å². The maximum Gasteiger partial charge on any atom is 0.335 e. The van der Waals surface area contributed by atoms with Crippen molar-refractivity contribution in [2.75, 3.05) is 0 Å². The molecular weight excluding hydrogens is 348 g/mol. The molecule has 0 saturated carbocycles. The van der Waals surface area contributed by atoms with Crippen molar-refractivity contribution in [3.05, 3.63) is 89.4 Å². The van der Waals surface area contributed by atoms with Crippen molar-refractivity contribution in [3.8, 4) is 5.75 Å². The molecule has 7 nitrogen and oxygen atoms in total. The minimum absolute atomic E-state index is 0.168. The molecule has 0 spiro atoms. The van der Waals surface area contributed by atoms with Gasteiger partial charge in [0.25, 0.3) is 0 Å². The van der Waals surface area contributed by atoms with Crippen molar-refractivity contribution in [3.63, 3.8) is 0 Å². The van der Waals surface area contributed by atoms with Gasteiger partial charge in [-0.15, -0.1) is 0 Å². The van der Waals surface area contributed by atoms with Gasteiger partial charge in [0.1, 0.15) is 12.4 Å². The number of nitrogens with zero attached hydrogens (tertiary/aromatic N) is 1. The monoisotopic (exact) mass is 364 g/mol. The van der Waals surface area contributed by atoms with E-state index in [1.807, 2.05) is 12.1 Å². The molecule has 136 valence electrons. The van der Waals surface area contributed by atoms with E-state index in [-0.39, 0.29) is 17.9 Å². The van der Waals surface area contributed by atoms with Gasteiger partial charge in [-0.2, -0.15) is 5.10 Å². The second-order valence-corrected chi connectivity index (χ2v) is 5.51. The van der Waals surface area contributed by atoms with Gasteiger partial charge in [-0.05, 0) is 42.0 Å². The molecule has 2 N–H and O–H groups in total. The minimum atomic E-state index is -0.972. The molecule has 0 unspecified atom stereocenters. The lowest BCUT2D eigenvalue weighted by molar-refractivity contribution is 0.0696. The highest BCUT2D eigenvalue weighted by Crippen LogP contribution is 2.18. The number of aromatic carboxylic acids is 1. The number of para-hydroxylation sites is 1. The van der Waals surface area contributed by atoms with Crippen molar-refractivity contribution < 1.29 is 23.8 Å². The van der Waals surface area contributed by atoms with Gasteiger partial charge in [-0.1, -0.05) is 24.3 Å². The smallest absolute Gasteiger partial charge is 0.335 e. The van der Waals surface area contributed by atoms with E-state index in [2.05, 4.69) is 10.5 Å². The lowest BCUT2D eigenvalue weighted by atomic mass is 10.1. The Bertz CT molecular complexity index is 947. The fourth-order valence-corrected chi connectivity index (χ4v) is 2.25. The maximum atomic E-state index is 11.8. The largest absolute Gasteiger partial charge is 0.488 e. The molecule has 0 aliphatic rings. The molecule has 0 fully saturated rings. The molecule has 0 atom stereocenters. The minimum Gasteiger partial charge on any atom is -0.488 e. The molecule has 2 aromatic carbocycles. The number of rotatable bonds is 7. The SMILES string of the molecule is O=C(O)c1ccc(COc2ccccc2/C=N/NC(=O)c2ccco2)cc1. The highest BCUT2D eigenvalue weighted by atomic mass is 16.5. The van der Waals surface area contributed by atoms with Crippen LogP contribution in [-0.4, -0.2) is 23.2 Å². The zero-order valence-electron chi connectivity index (χ0n) is 14.2. The van der Waals surface area contributed by atoms with E-state index in [4.69, 9.17) is 14.3 Å². The van der Waals surface area contributed by atoms with E-state index in [0.717, 1.165) is 5.56 Å². The summed E-state index contributed by atoms with van der Waals surface area (Å²) in [5, 5.41) is 12.8. The first-order valence-corrected chi connectivity index (χ1v) is 8.04. The van der Waals surface area contributed by atoms with Gasteiger partial charge >= 0.3 is 11.9 Å². The first-order chi connectivity index (χ1) is 13.1. The third kappa shape index (κ3) is 4.82. The summed E-state index contributed by atoms with van der Waals surface area (Å²) in [6.45, 7) is 0.267. The van der Waals surface area contributed by atoms with Crippen molar-refractivity contribution in [2.45, 2.75) is 6.61 Å². The van der Waals surface area contributed by atoms with E-state index >= 15 is 0 Å². The predicted octanol–water partition coefficient (Wildman–Crippen LogP) is 3.32. The highest BCUT2D eigenvalue weighted by molar-refractivity contribution is 5.92. The van der Waals surface area contributed by atoms with E-state index in [9.17, 15) is 9.59 Å². The van der Waals surface area contributed by atoms with E-state index < -0.39 is 11.9 Å². The van der Waals surface area contributed by atoms with Gasteiger partial charge in [-0.3, -0.25) is 4.79 Å². The number of nitrogens with one attached hydrogen (secondary N) is 1. The van der Waals surface area contributed by atoms with Crippen LogP contribution in [0.15, 0.2) is 76.4 Å². The topological polar surface area (TPSA) is 101 Å². The molecular formula is C20H16N2O5. The number of ether oxygens (including phenoxy) is 1. The summed E-state index contributed by atoms with van der Waals surface area (Å²) in [6, 6.07) is 16.8. The Balaban J connectivity index is 1.62. The Labute approximate surface area is 154 Å². The first kappa shape index (κ1) is 17.9. The van der Waals surface area contributed by atoms with Gasteiger partial charge in [0.2, 0.25) is 0 Å². The van der Waals surface area contributed by atoms with E-state index in [1.165, 1.54) is 30.7 Å². The molecule has 0 bridgehead atoms. The van der Waals surface area contributed by atoms with Crippen LogP contribution in [0.25, 0.3) is 0 Å². The molecule has 1 amide bonds. The van der Waals surface area contributed by atoms with Crippen LogP contribution in [0.2, 0.25) is 0 Å². The van der Waals surface area contributed by atoms with Crippen LogP contribution in [0, 0.1) is 0 Å². The number of carbonyl (C=O) groups excluding carboxylic acids is 1.